The van der Waals surface area contributed by atoms with E-state index in [0.717, 1.165) is 6.42 Å². The fourth-order valence-corrected chi connectivity index (χ4v) is 1.90. The van der Waals surface area contributed by atoms with E-state index in [4.69, 9.17) is 20.9 Å². The van der Waals surface area contributed by atoms with Gasteiger partial charge in [0.1, 0.15) is 5.54 Å². The van der Waals surface area contributed by atoms with Gasteiger partial charge in [-0.1, -0.05) is 30.3 Å². The molecule has 0 aromatic heterocycles. The van der Waals surface area contributed by atoms with Crippen LogP contribution >= 0.6 is 0 Å². The minimum Gasteiger partial charge on any atom is -0.381 e. The van der Waals surface area contributed by atoms with Crippen molar-refractivity contribution in [3.8, 4) is 0 Å². The molecule has 0 bridgehead atoms. The Labute approximate surface area is 126 Å². The van der Waals surface area contributed by atoms with Crippen LogP contribution in [0.15, 0.2) is 30.3 Å². The van der Waals surface area contributed by atoms with Crippen molar-refractivity contribution in [3.63, 3.8) is 0 Å². The zero-order valence-corrected chi connectivity index (χ0v) is 13.1. The summed E-state index contributed by atoms with van der Waals surface area (Å²) in [5.74, 6) is -0.547. The molecule has 0 heterocycles. The summed E-state index contributed by atoms with van der Waals surface area (Å²) in [7, 11) is 1.67. The minimum atomic E-state index is -1.20. The summed E-state index contributed by atoms with van der Waals surface area (Å²) in [6, 6.07) is 9.15. The number of methoxy groups -OCH3 is 1. The van der Waals surface area contributed by atoms with E-state index in [1.165, 1.54) is 0 Å². The summed E-state index contributed by atoms with van der Waals surface area (Å²) in [5, 5.41) is 0. The van der Waals surface area contributed by atoms with Crippen molar-refractivity contribution in [1.29, 1.82) is 0 Å². The third-order valence-electron chi connectivity index (χ3n) is 3.77. The Morgan fingerprint density at radius 1 is 1.14 bits per heavy atom. The molecule has 0 aliphatic heterocycles. The van der Waals surface area contributed by atoms with E-state index in [1.807, 2.05) is 32.0 Å². The molecule has 0 aliphatic rings. The van der Waals surface area contributed by atoms with Crippen molar-refractivity contribution in [2.45, 2.75) is 37.8 Å². The number of benzene rings is 1. The van der Waals surface area contributed by atoms with Gasteiger partial charge in [-0.2, -0.15) is 0 Å². The van der Waals surface area contributed by atoms with Gasteiger partial charge in [-0.05, 0) is 25.8 Å². The molecule has 118 valence electrons. The van der Waals surface area contributed by atoms with Crippen LogP contribution in [0.3, 0.4) is 0 Å². The maximum absolute atomic E-state index is 11.7. The van der Waals surface area contributed by atoms with E-state index in [-0.39, 0.29) is 5.60 Å². The molecule has 0 radical (unpaired) electrons. The molecular formula is C16H26N2O3. The predicted octanol–water partition coefficient (Wildman–Crippen LogP) is 1.55. The van der Waals surface area contributed by atoms with Gasteiger partial charge in [0.25, 0.3) is 0 Å². The molecule has 0 saturated carbocycles. The smallest absolute Gasteiger partial charge is 0.242 e. The summed E-state index contributed by atoms with van der Waals surface area (Å²) in [6.45, 7) is 4.91. The number of ether oxygens (including phenoxy) is 2. The van der Waals surface area contributed by atoms with Gasteiger partial charge in [-0.3, -0.25) is 4.79 Å². The van der Waals surface area contributed by atoms with Crippen molar-refractivity contribution in [2.24, 2.45) is 11.5 Å². The standard InChI is InChI=1S/C16H26N2O3/c1-15(2,20-3)9-11-21-12-10-16(18,14(17)19)13-7-5-4-6-8-13/h4-8H,9-12,18H2,1-3H3,(H2,17,19). The van der Waals surface area contributed by atoms with Crippen LogP contribution in [0.25, 0.3) is 0 Å². The normalized spacial score (nSPS) is 14.7. The summed E-state index contributed by atoms with van der Waals surface area (Å²) >= 11 is 0. The van der Waals surface area contributed by atoms with Gasteiger partial charge >= 0.3 is 0 Å². The Kier molecular flexibility index (Phi) is 6.33. The second-order valence-corrected chi connectivity index (χ2v) is 5.78. The Hall–Kier alpha value is -1.43. The highest BCUT2D eigenvalue weighted by Crippen LogP contribution is 2.22. The highest BCUT2D eigenvalue weighted by molar-refractivity contribution is 5.85. The maximum atomic E-state index is 11.7. The Morgan fingerprint density at radius 2 is 1.71 bits per heavy atom. The number of carbonyl (C=O) groups excluding carboxylic acids is 1. The molecule has 0 spiro atoms. The summed E-state index contributed by atoms with van der Waals surface area (Å²) < 4.78 is 10.9. The quantitative estimate of drug-likeness (QED) is 0.676. The topological polar surface area (TPSA) is 87.6 Å². The van der Waals surface area contributed by atoms with Gasteiger partial charge in [0.15, 0.2) is 0 Å². The van der Waals surface area contributed by atoms with Crippen molar-refractivity contribution in [2.75, 3.05) is 20.3 Å². The minimum absolute atomic E-state index is 0.219. The highest BCUT2D eigenvalue weighted by atomic mass is 16.5. The van der Waals surface area contributed by atoms with Crippen LogP contribution in [0.4, 0.5) is 0 Å². The van der Waals surface area contributed by atoms with E-state index in [0.29, 0.717) is 25.2 Å². The zero-order valence-electron chi connectivity index (χ0n) is 13.1. The van der Waals surface area contributed by atoms with Crippen LogP contribution in [0.5, 0.6) is 0 Å². The monoisotopic (exact) mass is 294 g/mol. The van der Waals surface area contributed by atoms with Gasteiger partial charge in [-0.25, -0.2) is 0 Å². The van der Waals surface area contributed by atoms with Gasteiger partial charge < -0.3 is 20.9 Å². The number of carbonyl (C=O) groups is 1. The molecule has 21 heavy (non-hydrogen) atoms. The van der Waals surface area contributed by atoms with E-state index in [1.54, 1.807) is 19.2 Å². The summed E-state index contributed by atoms with van der Waals surface area (Å²) in [6.07, 6.45) is 1.11. The lowest BCUT2D eigenvalue weighted by Crippen LogP contribution is -2.49. The number of nitrogens with two attached hydrogens (primary N) is 2. The van der Waals surface area contributed by atoms with Gasteiger partial charge in [0.05, 0.1) is 5.60 Å². The molecule has 4 N–H and O–H groups in total. The first-order chi connectivity index (χ1) is 9.82. The van der Waals surface area contributed by atoms with Crippen molar-refractivity contribution >= 4 is 5.91 Å². The second-order valence-electron chi connectivity index (χ2n) is 5.78. The molecule has 5 nitrogen and oxygen atoms in total. The average molecular weight is 294 g/mol. The van der Waals surface area contributed by atoms with E-state index in [9.17, 15) is 4.79 Å². The highest BCUT2D eigenvalue weighted by Gasteiger charge is 2.33. The summed E-state index contributed by atoms with van der Waals surface area (Å²) in [5.41, 5.74) is 10.9. The van der Waals surface area contributed by atoms with Crippen LogP contribution in [0.1, 0.15) is 32.3 Å². The number of hydrogen-bond acceptors (Lipinski definition) is 4. The van der Waals surface area contributed by atoms with Crippen molar-refractivity contribution in [1.82, 2.24) is 0 Å². The van der Waals surface area contributed by atoms with E-state index < -0.39 is 11.4 Å². The van der Waals surface area contributed by atoms with E-state index in [2.05, 4.69) is 0 Å². The van der Waals surface area contributed by atoms with Crippen molar-refractivity contribution < 1.29 is 14.3 Å². The molecule has 1 aromatic rings. The second kappa shape index (κ2) is 7.54. The first kappa shape index (κ1) is 17.6. The van der Waals surface area contributed by atoms with Gasteiger partial charge in [0.2, 0.25) is 5.91 Å². The van der Waals surface area contributed by atoms with Crippen LogP contribution < -0.4 is 11.5 Å². The molecule has 1 rings (SSSR count). The lowest BCUT2D eigenvalue weighted by molar-refractivity contribution is -0.124. The average Bonchev–Trinajstić information content (AvgIpc) is 2.47. The SMILES string of the molecule is COC(C)(C)CCOCCC(N)(C(N)=O)c1ccccc1. The van der Waals surface area contributed by atoms with Crippen LogP contribution in [-0.4, -0.2) is 31.8 Å². The first-order valence-electron chi connectivity index (χ1n) is 7.09. The summed E-state index contributed by atoms with van der Waals surface area (Å²) in [4.78, 5) is 11.7. The molecular weight excluding hydrogens is 268 g/mol. The molecule has 0 fully saturated rings. The van der Waals surface area contributed by atoms with Crippen LogP contribution in [0.2, 0.25) is 0 Å². The lowest BCUT2D eigenvalue weighted by atomic mass is 9.87. The van der Waals surface area contributed by atoms with Crippen LogP contribution in [-0.2, 0) is 19.8 Å². The van der Waals surface area contributed by atoms with Gasteiger partial charge in [0, 0.05) is 26.7 Å². The number of hydrogen-bond donors (Lipinski definition) is 2. The van der Waals surface area contributed by atoms with Crippen LogP contribution in [0, 0.1) is 0 Å². The molecule has 1 amide bonds. The van der Waals surface area contributed by atoms with Crippen molar-refractivity contribution in [3.05, 3.63) is 35.9 Å². The lowest BCUT2D eigenvalue weighted by Gasteiger charge is -2.27. The fourth-order valence-electron chi connectivity index (χ4n) is 1.90. The fraction of sp³-hybridized carbons (Fsp3) is 0.562. The molecule has 5 heteroatoms. The third kappa shape index (κ3) is 5.12. The number of primary amides is 1. The maximum Gasteiger partial charge on any atom is 0.242 e. The van der Waals surface area contributed by atoms with E-state index >= 15 is 0 Å². The van der Waals surface area contributed by atoms with Gasteiger partial charge in [-0.15, -0.1) is 0 Å². The first-order valence-corrected chi connectivity index (χ1v) is 7.09. The number of rotatable bonds is 9. The molecule has 1 atom stereocenters. The molecule has 1 unspecified atom stereocenters. The Morgan fingerprint density at radius 3 is 2.24 bits per heavy atom. The number of amides is 1. The largest absolute Gasteiger partial charge is 0.381 e. The molecule has 0 aliphatic carbocycles. The Balaban J connectivity index is 2.52. The zero-order chi connectivity index (χ0) is 15.9. The predicted molar refractivity (Wildman–Crippen MR) is 82.6 cm³/mol. The third-order valence-corrected chi connectivity index (χ3v) is 3.77. The Bertz CT molecular complexity index is 448. The molecule has 1 aromatic carbocycles. The molecule has 0 saturated heterocycles.